The number of nitro benzene ring substituents is 1. The summed E-state index contributed by atoms with van der Waals surface area (Å²) in [5.74, 6) is 0.0991. The molecule has 2 aromatic rings. The molecule has 19 heavy (non-hydrogen) atoms. The molecule has 0 bridgehead atoms. The van der Waals surface area contributed by atoms with E-state index in [1.807, 2.05) is 0 Å². The maximum Gasteiger partial charge on any atom is 0.288 e. The summed E-state index contributed by atoms with van der Waals surface area (Å²) in [7, 11) is 0. The molecule has 0 unspecified atom stereocenters. The largest absolute Gasteiger partial charge is 0.489 e. The number of rotatable bonds is 4. The van der Waals surface area contributed by atoms with Crippen LogP contribution < -0.4 is 4.74 Å². The lowest BCUT2D eigenvalue weighted by atomic mass is 10.2. The summed E-state index contributed by atoms with van der Waals surface area (Å²) in [6, 6.07) is 9.99. The number of benzene rings is 2. The van der Waals surface area contributed by atoms with Crippen molar-refractivity contribution in [2.45, 2.75) is 6.61 Å². The molecule has 0 N–H and O–H groups in total. The van der Waals surface area contributed by atoms with E-state index in [1.54, 1.807) is 12.1 Å². The van der Waals surface area contributed by atoms with E-state index in [-0.39, 0.29) is 23.1 Å². The van der Waals surface area contributed by atoms with E-state index in [0.29, 0.717) is 5.75 Å². The van der Waals surface area contributed by atoms with E-state index in [0.717, 1.165) is 5.56 Å². The molecule has 0 radical (unpaired) electrons. The standard InChI is InChI=1S/C13H9ClFNO3/c14-12-7-11(5-6-13(12)16(17)18)19-8-9-1-3-10(15)4-2-9/h1-7H,8H2. The highest BCUT2D eigenvalue weighted by atomic mass is 35.5. The minimum absolute atomic E-state index is 0.0154. The Bertz CT molecular complexity index is 601. The molecule has 0 aromatic heterocycles. The van der Waals surface area contributed by atoms with Crippen LogP contribution >= 0.6 is 11.6 Å². The van der Waals surface area contributed by atoms with E-state index >= 15 is 0 Å². The Labute approximate surface area is 113 Å². The molecular weight excluding hydrogens is 273 g/mol. The SMILES string of the molecule is O=[N+]([O-])c1ccc(OCc2ccc(F)cc2)cc1Cl. The Morgan fingerprint density at radius 3 is 2.47 bits per heavy atom. The highest BCUT2D eigenvalue weighted by molar-refractivity contribution is 6.32. The predicted octanol–water partition coefficient (Wildman–Crippen LogP) is 3.97. The average Bonchev–Trinajstić information content (AvgIpc) is 2.37. The van der Waals surface area contributed by atoms with Crippen molar-refractivity contribution in [3.8, 4) is 5.75 Å². The fourth-order valence-electron chi connectivity index (χ4n) is 1.47. The van der Waals surface area contributed by atoms with E-state index < -0.39 is 4.92 Å². The van der Waals surface area contributed by atoms with Crippen molar-refractivity contribution in [2.75, 3.05) is 0 Å². The van der Waals surface area contributed by atoms with Gasteiger partial charge in [-0.3, -0.25) is 10.1 Å². The van der Waals surface area contributed by atoms with Crippen LogP contribution in [-0.2, 0) is 6.61 Å². The Hall–Kier alpha value is -2.14. The molecule has 0 aliphatic heterocycles. The summed E-state index contributed by atoms with van der Waals surface area (Å²) in [6.07, 6.45) is 0. The van der Waals surface area contributed by atoms with Gasteiger partial charge in [-0.25, -0.2) is 4.39 Å². The summed E-state index contributed by atoms with van der Waals surface area (Å²) in [5.41, 5.74) is 0.617. The van der Waals surface area contributed by atoms with Crippen LogP contribution in [-0.4, -0.2) is 4.92 Å². The van der Waals surface area contributed by atoms with Crippen molar-refractivity contribution in [1.82, 2.24) is 0 Å². The van der Waals surface area contributed by atoms with Crippen LogP contribution in [0.15, 0.2) is 42.5 Å². The molecule has 0 saturated carbocycles. The Morgan fingerprint density at radius 1 is 1.21 bits per heavy atom. The summed E-state index contributed by atoms with van der Waals surface area (Å²) < 4.78 is 18.1. The molecular formula is C13H9ClFNO3. The third kappa shape index (κ3) is 3.42. The van der Waals surface area contributed by atoms with Gasteiger partial charge < -0.3 is 4.74 Å². The van der Waals surface area contributed by atoms with Gasteiger partial charge in [-0.05, 0) is 23.8 Å². The number of halogens is 2. The van der Waals surface area contributed by atoms with Gasteiger partial charge in [0.1, 0.15) is 23.2 Å². The van der Waals surface area contributed by atoms with Crippen LogP contribution in [0.5, 0.6) is 5.75 Å². The van der Waals surface area contributed by atoms with Crippen molar-refractivity contribution < 1.29 is 14.1 Å². The number of ether oxygens (including phenoxy) is 1. The van der Waals surface area contributed by atoms with Crippen LogP contribution in [0, 0.1) is 15.9 Å². The number of nitro groups is 1. The lowest BCUT2D eigenvalue weighted by molar-refractivity contribution is -0.384. The number of nitrogens with zero attached hydrogens (tertiary/aromatic N) is 1. The molecule has 98 valence electrons. The molecule has 0 atom stereocenters. The minimum atomic E-state index is -0.563. The van der Waals surface area contributed by atoms with Gasteiger partial charge >= 0.3 is 0 Å². The zero-order chi connectivity index (χ0) is 13.8. The molecule has 0 aliphatic rings. The fraction of sp³-hybridized carbons (Fsp3) is 0.0769. The smallest absolute Gasteiger partial charge is 0.288 e. The minimum Gasteiger partial charge on any atom is -0.489 e. The molecule has 2 aromatic carbocycles. The van der Waals surface area contributed by atoms with Gasteiger partial charge in [-0.2, -0.15) is 0 Å². The van der Waals surface area contributed by atoms with E-state index in [4.69, 9.17) is 16.3 Å². The van der Waals surface area contributed by atoms with Gasteiger partial charge in [0, 0.05) is 12.1 Å². The maximum absolute atomic E-state index is 12.7. The van der Waals surface area contributed by atoms with Crippen molar-refractivity contribution >= 4 is 17.3 Å². The summed E-state index contributed by atoms with van der Waals surface area (Å²) >= 11 is 5.76. The molecule has 0 aliphatic carbocycles. The highest BCUT2D eigenvalue weighted by Crippen LogP contribution is 2.28. The van der Waals surface area contributed by atoms with Crippen molar-refractivity contribution in [3.05, 3.63) is 69.0 Å². The van der Waals surface area contributed by atoms with Gasteiger partial charge in [-0.15, -0.1) is 0 Å². The van der Waals surface area contributed by atoms with Crippen molar-refractivity contribution in [1.29, 1.82) is 0 Å². The van der Waals surface area contributed by atoms with Crippen LogP contribution in [0.25, 0.3) is 0 Å². The van der Waals surface area contributed by atoms with Crippen LogP contribution in [0.2, 0.25) is 5.02 Å². The summed E-state index contributed by atoms with van der Waals surface area (Å²) in [5, 5.41) is 10.6. The van der Waals surface area contributed by atoms with E-state index in [9.17, 15) is 14.5 Å². The third-order valence-electron chi connectivity index (χ3n) is 2.43. The lowest BCUT2D eigenvalue weighted by Gasteiger charge is -2.06. The molecule has 0 saturated heterocycles. The van der Waals surface area contributed by atoms with E-state index in [1.165, 1.54) is 30.3 Å². The average molecular weight is 282 g/mol. The Morgan fingerprint density at radius 2 is 1.89 bits per heavy atom. The van der Waals surface area contributed by atoms with Crippen LogP contribution in [0.3, 0.4) is 0 Å². The van der Waals surface area contributed by atoms with Gasteiger partial charge in [0.2, 0.25) is 0 Å². The second kappa shape index (κ2) is 5.67. The summed E-state index contributed by atoms with van der Waals surface area (Å²) in [4.78, 5) is 10.0. The topological polar surface area (TPSA) is 52.4 Å². The second-order valence-corrected chi connectivity index (χ2v) is 4.19. The van der Waals surface area contributed by atoms with Crippen molar-refractivity contribution in [2.24, 2.45) is 0 Å². The third-order valence-corrected chi connectivity index (χ3v) is 2.74. The van der Waals surface area contributed by atoms with E-state index in [2.05, 4.69) is 0 Å². The molecule has 0 heterocycles. The molecule has 0 spiro atoms. The zero-order valence-corrected chi connectivity index (χ0v) is 10.4. The Kier molecular flexibility index (Phi) is 3.97. The lowest BCUT2D eigenvalue weighted by Crippen LogP contribution is -1.96. The first-order valence-electron chi connectivity index (χ1n) is 5.37. The normalized spacial score (nSPS) is 10.2. The number of hydrogen-bond donors (Lipinski definition) is 0. The monoisotopic (exact) mass is 281 g/mol. The first-order valence-corrected chi connectivity index (χ1v) is 5.75. The molecule has 2 rings (SSSR count). The highest BCUT2D eigenvalue weighted by Gasteiger charge is 2.12. The van der Waals surface area contributed by atoms with Gasteiger partial charge in [0.05, 0.1) is 4.92 Å². The number of hydrogen-bond acceptors (Lipinski definition) is 3. The Balaban J connectivity index is 2.06. The van der Waals surface area contributed by atoms with Crippen LogP contribution in [0.4, 0.5) is 10.1 Å². The first kappa shape index (κ1) is 13.3. The van der Waals surface area contributed by atoms with Crippen molar-refractivity contribution in [3.63, 3.8) is 0 Å². The maximum atomic E-state index is 12.7. The predicted molar refractivity (Wildman–Crippen MR) is 68.8 cm³/mol. The molecule has 0 amide bonds. The molecule has 6 heteroatoms. The van der Waals surface area contributed by atoms with Gasteiger partial charge in [0.25, 0.3) is 5.69 Å². The molecule has 0 fully saturated rings. The summed E-state index contributed by atoms with van der Waals surface area (Å²) in [6.45, 7) is 0.231. The van der Waals surface area contributed by atoms with Crippen LogP contribution in [0.1, 0.15) is 5.56 Å². The van der Waals surface area contributed by atoms with Gasteiger partial charge in [0.15, 0.2) is 0 Å². The first-order chi connectivity index (χ1) is 9.06. The van der Waals surface area contributed by atoms with Gasteiger partial charge in [-0.1, -0.05) is 23.7 Å². The second-order valence-electron chi connectivity index (χ2n) is 3.79. The quantitative estimate of drug-likeness (QED) is 0.629. The fourth-order valence-corrected chi connectivity index (χ4v) is 1.71. The molecule has 4 nitrogen and oxygen atoms in total. The zero-order valence-electron chi connectivity index (χ0n) is 9.68.